The monoisotopic (exact) mass is 228 g/mol. The van der Waals surface area contributed by atoms with Crippen molar-refractivity contribution in [2.45, 2.75) is 30.6 Å². The highest BCUT2D eigenvalue weighted by Crippen LogP contribution is 2.30. The van der Waals surface area contributed by atoms with Crippen LogP contribution in [0, 0.1) is 20.8 Å². The maximum atomic E-state index is 2.25. The minimum absolute atomic E-state index is 1.30. The standard InChI is InChI=1S/C15H16S/c1-11-5-8-14(9-6-11)16-15-10-12(2)4-7-13(15)3/h4-10H,1-3H3. The van der Waals surface area contributed by atoms with Gasteiger partial charge < -0.3 is 0 Å². The quantitative estimate of drug-likeness (QED) is 0.714. The van der Waals surface area contributed by atoms with Crippen LogP contribution in [-0.2, 0) is 0 Å². The average Bonchev–Trinajstić information content (AvgIpc) is 2.27. The molecule has 16 heavy (non-hydrogen) atoms. The van der Waals surface area contributed by atoms with E-state index >= 15 is 0 Å². The number of benzene rings is 2. The van der Waals surface area contributed by atoms with Gasteiger partial charge in [-0.3, -0.25) is 0 Å². The SMILES string of the molecule is Cc1ccc(Sc2cc(C)ccc2C)cc1. The second kappa shape index (κ2) is 4.75. The third-order valence-corrected chi connectivity index (χ3v) is 3.76. The van der Waals surface area contributed by atoms with Gasteiger partial charge in [-0.1, -0.05) is 41.6 Å². The molecule has 0 atom stereocenters. The molecule has 0 aliphatic rings. The minimum atomic E-state index is 1.30. The fourth-order valence-electron chi connectivity index (χ4n) is 1.55. The Hall–Kier alpha value is -1.21. The zero-order valence-corrected chi connectivity index (χ0v) is 10.8. The van der Waals surface area contributed by atoms with Gasteiger partial charge in [0.1, 0.15) is 0 Å². The van der Waals surface area contributed by atoms with Gasteiger partial charge in [0.2, 0.25) is 0 Å². The molecule has 0 bridgehead atoms. The number of rotatable bonds is 2. The van der Waals surface area contributed by atoms with Crippen LogP contribution < -0.4 is 0 Å². The van der Waals surface area contributed by atoms with E-state index in [1.165, 1.54) is 26.5 Å². The van der Waals surface area contributed by atoms with Crippen molar-refractivity contribution in [2.75, 3.05) is 0 Å². The third-order valence-electron chi connectivity index (χ3n) is 2.59. The van der Waals surface area contributed by atoms with Gasteiger partial charge in [0.25, 0.3) is 0 Å². The zero-order valence-electron chi connectivity index (χ0n) is 9.95. The molecule has 0 radical (unpaired) electrons. The smallest absolute Gasteiger partial charge is 0.0154 e. The molecule has 0 fully saturated rings. The second-order valence-electron chi connectivity index (χ2n) is 4.18. The Morgan fingerprint density at radius 3 is 2.06 bits per heavy atom. The maximum Gasteiger partial charge on any atom is 0.0154 e. The largest absolute Gasteiger partial charge is 0.0898 e. The van der Waals surface area contributed by atoms with Crippen molar-refractivity contribution in [1.29, 1.82) is 0 Å². The van der Waals surface area contributed by atoms with Crippen LogP contribution in [0.5, 0.6) is 0 Å². The van der Waals surface area contributed by atoms with Crippen LogP contribution in [0.1, 0.15) is 16.7 Å². The third kappa shape index (κ3) is 2.67. The Morgan fingerprint density at radius 1 is 0.750 bits per heavy atom. The molecule has 0 N–H and O–H groups in total. The van der Waals surface area contributed by atoms with Crippen molar-refractivity contribution in [3.63, 3.8) is 0 Å². The molecule has 2 aromatic carbocycles. The lowest BCUT2D eigenvalue weighted by Crippen LogP contribution is -1.82. The molecular formula is C15H16S. The summed E-state index contributed by atoms with van der Waals surface area (Å²) >= 11 is 1.84. The summed E-state index contributed by atoms with van der Waals surface area (Å²) < 4.78 is 0. The fourth-order valence-corrected chi connectivity index (χ4v) is 2.55. The van der Waals surface area contributed by atoms with Gasteiger partial charge >= 0.3 is 0 Å². The fraction of sp³-hybridized carbons (Fsp3) is 0.200. The summed E-state index contributed by atoms with van der Waals surface area (Å²) in [6.45, 7) is 6.42. The summed E-state index contributed by atoms with van der Waals surface area (Å²) in [5.41, 5.74) is 3.97. The van der Waals surface area contributed by atoms with E-state index in [0.29, 0.717) is 0 Å². The van der Waals surface area contributed by atoms with E-state index < -0.39 is 0 Å². The Bertz CT molecular complexity index is 483. The molecule has 0 saturated heterocycles. The van der Waals surface area contributed by atoms with Gasteiger partial charge in [-0.15, -0.1) is 0 Å². The highest BCUT2D eigenvalue weighted by atomic mass is 32.2. The summed E-state index contributed by atoms with van der Waals surface area (Å²) in [5, 5.41) is 0. The predicted molar refractivity (Wildman–Crippen MR) is 71.2 cm³/mol. The number of aryl methyl sites for hydroxylation is 3. The first-order chi connectivity index (χ1) is 7.65. The van der Waals surface area contributed by atoms with E-state index in [-0.39, 0.29) is 0 Å². The molecule has 1 heteroatoms. The molecule has 0 amide bonds. The van der Waals surface area contributed by atoms with Gasteiger partial charge in [-0.05, 0) is 50.1 Å². The molecule has 0 spiro atoms. The first-order valence-electron chi connectivity index (χ1n) is 5.47. The molecule has 0 aliphatic carbocycles. The predicted octanol–water partition coefficient (Wildman–Crippen LogP) is 4.76. The molecule has 0 saturated carbocycles. The summed E-state index contributed by atoms with van der Waals surface area (Å²) in [7, 11) is 0. The zero-order chi connectivity index (χ0) is 11.5. The van der Waals surface area contributed by atoms with Crippen molar-refractivity contribution in [3.8, 4) is 0 Å². The van der Waals surface area contributed by atoms with Gasteiger partial charge in [-0.2, -0.15) is 0 Å². The minimum Gasteiger partial charge on any atom is -0.0898 e. The van der Waals surface area contributed by atoms with Gasteiger partial charge in [0.15, 0.2) is 0 Å². The van der Waals surface area contributed by atoms with E-state index in [9.17, 15) is 0 Å². The molecule has 0 aliphatic heterocycles. The Morgan fingerprint density at radius 2 is 1.38 bits per heavy atom. The van der Waals surface area contributed by atoms with Crippen LogP contribution in [0.3, 0.4) is 0 Å². The topological polar surface area (TPSA) is 0 Å². The van der Waals surface area contributed by atoms with Crippen molar-refractivity contribution in [3.05, 3.63) is 59.2 Å². The highest BCUT2D eigenvalue weighted by Gasteiger charge is 2.01. The van der Waals surface area contributed by atoms with E-state index in [1.807, 2.05) is 11.8 Å². The van der Waals surface area contributed by atoms with E-state index in [1.54, 1.807) is 0 Å². The van der Waals surface area contributed by atoms with Crippen LogP contribution in [0.2, 0.25) is 0 Å². The van der Waals surface area contributed by atoms with Gasteiger partial charge in [0.05, 0.1) is 0 Å². The first-order valence-corrected chi connectivity index (χ1v) is 6.28. The Labute approximate surface area is 102 Å². The Kier molecular flexibility index (Phi) is 3.35. The van der Waals surface area contributed by atoms with Gasteiger partial charge in [0, 0.05) is 9.79 Å². The maximum absolute atomic E-state index is 2.25. The van der Waals surface area contributed by atoms with Crippen molar-refractivity contribution in [1.82, 2.24) is 0 Å². The first kappa shape index (κ1) is 11.3. The lowest BCUT2D eigenvalue weighted by molar-refractivity contribution is 1.25. The van der Waals surface area contributed by atoms with E-state index in [2.05, 4.69) is 63.2 Å². The molecule has 2 aromatic rings. The van der Waals surface area contributed by atoms with Crippen LogP contribution in [0.4, 0.5) is 0 Å². The molecule has 0 nitrogen and oxygen atoms in total. The Balaban J connectivity index is 2.26. The molecular weight excluding hydrogens is 212 g/mol. The summed E-state index contributed by atoms with van der Waals surface area (Å²) in [6, 6.07) is 15.3. The van der Waals surface area contributed by atoms with Crippen LogP contribution >= 0.6 is 11.8 Å². The molecule has 0 heterocycles. The van der Waals surface area contributed by atoms with Crippen molar-refractivity contribution >= 4 is 11.8 Å². The van der Waals surface area contributed by atoms with Crippen LogP contribution in [0.15, 0.2) is 52.3 Å². The summed E-state index contributed by atoms with van der Waals surface area (Å²) in [5.74, 6) is 0. The molecule has 0 unspecified atom stereocenters. The number of hydrogen-bond acceptors (Lipinski definition) is 1. The lowest BCUT2D eigenvalue weighted by Gasteiger charge is -2.06. The summed E-state index contributed by atoms with van der Waals surface area (Å²) in [4.78, 5) is 2.66. The normalized spacial score (nSPS) is 10.4. The summed E-state index contributed by atoms with van der Waals surface area (Å²) in [6.07, 6.45) is 0. The molecule has 0 aromatic heterocycles. The van der Waals surface area contributed by atoms with Crippen LogP contribution in [0.25, 0.3) is 0 Å². The van der Waals surface area contributed by atoms with Crippen molar-refractivity contribution < 1.29 is 0 Å². The van der Waals surface area contributed by atoms with Crippen molar-refractivity contribution in [2.24, 2.45) is 0 Å². The van der Waals surface area contributed by atoms with E-state index in [4.69, 9.17) is 0 Å². The van der Waals surface area contributed by atoms with Gasteiger partial charge in [-0.25, -0.2) is 0 Å². The lowest BCUT2D eigenvalue weighted by atomic mass is 10.2. The second-order valence-corrected chi connectivity index (χ2v) is 5.30. The molecule has 2 rings (SSSR count). The molecule has 82 valence electrons. The van der Waals surface area contributed by atoms with E-state index in [0.717, 1.165) is 0 Å². The average molecular weight is 228 g/mol. The number of hydrogen-bond donors (Lipinski definition) is 0. The highest BCUT2D eigenvalue weighted by molar-refractivity contribution is 7.99. The van der Waals surface area contributed by atoms with Crippen LogP contribution in [-0.4, -0.2) is 0 Å².